The van der Waals surface area contributed by atoms with Crippen molar-refractivity contribution in [3.05, 3.63) is 101 Å². The third-order valence-corrected chi connectivity index (χ3v) is 6.35. The van der Waals surface area contributed by atoms with Crippen LogP contribution in [0.1, 0.15) is 54.1 Å². The van der Waals surface area contributed by atoms with Crippen molar-refractivity contribution in [3.8, 4) is 5.75 Å². The number of aryl methyl sites for hydroxylation is 1. The molecule has 0 aliphatic carbocycles. The van der Waals surface area contributed by atoms with Gasteiger partial charge in [0.15, 0.2) is 6.10 Å². The maximum Gasteiger partial charge on any atom is 0.261 e. The van der Waals surface area contributed by atoms with Gasteiger partial charge in [-0.05, 0) is 54.7 Å². The molecule has 1 heterocycles. The number of carbonyl (C=O) groups is 2. The maximum atomic E-state index is 12.8. The minimum absolute atomic E-state index is 0.135. The summed E-state index contributed by atoms with van der Waals surface area (Å²) in [5.41, 5.74) is 5.57. The van der Waals surface area contributed by atoms with Gasteiger partial charge >= 0.3 is 0 Å². The lowest BCUT2D eigenvalue weighted by atomic mass is 9.87. The van der Waals surface area contributed by atoms with Crippen molar-refractivity contribution in [2.24, 2.45) is 0 Å². The van der Waals surface area contributed by atoms with Crippen LogP contribution in [0.15, 0.2) is 72.8 Å². The molecule has 3 aromatic carbocycles. The molecule has 2 atom stereocenters. The van der Waals surface area contributed by atoms with Crippen LogP contribution in [0.3, 0.4) is 0 Å². The molecule has 5 heteroatoms. The molecule has 5 nitrogen and oxygen atoms in total. The lowest BCUT2D eigenvalue weighted by Crippen LogP contribution is -2.40. The zero-order chi connectivity index (χ0) is 24.1. The first-order valence-electron chi connectivity index (χ1n) is 11.9. The molecule has 1 N–H and O–H groups in total. The van der Waals surface area contributed by atoms with Gasteiger partial charge in [0.1, 0.15) is 5.75 Å². The molecule has 0 spiro atoms. The van der Waals surface area contributed by atoms with Crippen molar-refractivity contribution in [2.45, 2.75) is 52.3 Å². The Balaban J connectivity index is 1.55. The molecule has 0 fully saturated rings. The fourth-order valence-electron chi connectivity index (χ4n) is 4.43. The van der Waals surface area contributed by atoms with E-state index in [1.807, 2.05) is 54.3 Å². The van der Waals surface area contributed by atoms with E-state index in [0.29, 0.717) is 25.3 Å². The number of benzene rings is 3. The summed E-state index contributed by atoms with van der Waals surface area (Å²) in [5.74, 6) is 0.597. The van der Waals surface area contributed by atoms with Gasteiger partial charge in [0.2, 0.25) is 5.91 Å². The summed E-state index contributed by atoms with van der Waals surface area (Å²) in [6.45, 7) is 6.87. The highest BCUT2D eigenvalue weighted by Gasteiger charge is 2.32. The van der Waals surface area contributed by atoms with Crippen LogP contribution < -0.4 is 10.1 Å². The Morgan fingerprint density at radius 3 is 2.50 bits per heavy atom. The van der Waals surface area contributed by atoms with E-state index in [4.69, 9.17) is 4.74 Å². The highest BCUT2D eigenvalue weighted by molar-refractivity contribution is 5.80. The minimum Gasteiger partial charge on any atom is -0.481 e. The number of carbonyl (C=O) groups excluding carboxylic acids is 2. The molecule has 34 heavy (non-hydrogen) atoms. The lowest BCUT2D eigenvalue weighted by molar-refractivity contribution is -0.133. The van der Waals surface area contributed by atoms with Crippen molar-refractivity contribution in [3.63, 3.8) is 0 Å². The molecule has 0 unspecified atom stereocenters. The standard InChI is InChI=1S/C29H32N2O3/c1-4-27(32)31-17-16-23-14-15-25(18-26(23)28(31)24-12-10-20(2)11-13-24)34-21(3)29(33)30-19-22-8-6-5-7-9-22/h5-15,18,21,28H,4,16-17,19H2,1-3H3,(H,30,33)/t21-,28+/m1/s1. The maximum absolute atomic E-state index is 12.8. The number of hydrogen-bond donors (Lipinski definition) is 1. The average molecular weight is 457 g/mol. The first-order valence-corrected chi connectivity index (χ1v) is 11.9. The van der Waals surface area contributed by atoms with E-state index in [0.717, 1.165) is 23.1 Å². The predicted octanol–water partition coefficient (Wildman–Crippen LogP) is 4.96. The largest absolute Gasteiger partial charge is 0.481 e. The van der Waals surface area contributed by atoms with Crippen LogP contribution in [0.2, 0.25) is 0 Å². The predicted molar refractivity (Wildman–Crippen MR) is 134 cm³/mol. The molecule has 0 saturated heterocycles. The molecule has 4 rings (SSSR count). The quantitative estimate of drug-likeness (QED) is 0.547. The van der Waals surface area contributed by atoms with Gasteiger partial charge in [0, 0.05) is 19.5 Å². The number of rotatable bonds is 7. The summed E-state index contributed by atoms with van der Waals surface area (Å²) in [7, 11) is 0. The van der Waals surface area contributed by atoms with E-state index in [1.165, 1.54) is 11.1 Å². The number of amides is 2. The van der Waals surface area contributed by atoms with E-state index in [2.05, 4.69) is 42.6 Å². The smallest absolute Gasteiger partial charge is 0.261 e. The number of hydrogen-bond acceptors (Lipinski definition) is 3. The highest BCUT2D eigenvalue weighted by atomic mass is 16.5. The van der Waals surface area contributed by atoms with Crippen molar-refractivity contribution >= 4 is 11.8 Å². The summed E-state index contributed by atoms with van der Waals surface area (Å²) in [5, 5.41) is 2.93. The first-order chi connectivity index (χ1) is 16.5. The SMILES string of the molecule is CCC(=O)N1CCc2ccc(O[C@H](C)C(=O)NCc3ccccc3)cc2[C@@H]1c1ccc(C)cc1. The molecule has 3 aromatic rings. The van der Waals surface area contributed by atoms with Crippen LogP contribution in [-0.4, -0.2) is 29.4 Å². The highest BCUT2D eigenvalue weighted by Crippen LogP contribution is 2.37. The number of nitrogens with zero attached hydrogens (tertiary/aromatic N) is 1. The minimum atomic E-state index is -0.642. The summed E-state index contributed by atoms with van der Waals surface area (Å²) in [4.78, 5) is 27.4. The van der Waals surface area contributed by atoms with Gasteiger partial charge in [0.25, 0.3) is 5.91 Å². The second-order valence-electron chi connectivity index (χ2n) is 8.83. The van der Waals surface area contributed by atoms with Crippen molar-refractivity contribution in [1.29, 1.82) is 0 Å². The molecule has 1 aliphatic rings. The zero-order valence-electron chi connectivity index (χ0n) is 20.1. The lowest BCUT2D eigenvalue weighted by Gasteiger charge is -2.38. The Bertz CT molecular complexity index is 1140. The van der Waals surface area contributed by atoms with E-state index in [1.54, 1.807) is 6.92 Å². The van der Waals surface area contributed by atoms with Crippen molar-refractivity contribution in [1.82, 2.24) is 10.2 Å². The summed E-state index contributed by atoms with van der Waals surface area (Å²) in [6, 6.07) is 24.0. The third-order valence-electron chi connectivity index (χ3n) is 6.35. The molecule has 0 aromatic heterocycles. The Morgan fingerprint density at radius 2 is 1.79 bits per heavy atom. The van der Waals surface area contributed by atoms with Crippen LogP contribution in [0.25, 0.3) is 0 Å². The van der Waals surface area contributed by atoms with Gasteiger partial charge in [-0.15, -0.1) is 0 Å². The summed E-state index contributed by atoms with van der Waals surface area (Å²) in [6.07, 6.45) is 0.625. The van der Waals surface area contributed by atoms with E-state index in [-0.39, 0.29) is 17.9 Å². The molecular weight excluding hydrogens is 424 g/mol. The summed E-state index contributed by atoms with van der Waals surface area (Å²) < 4.78 is 6.04. The van der Waals surface area contributed by atoms with Crippen LogP contribution in [-0.2, 0) is 22.6 Å². The number of nitrogens with one attached hydrogen (secondary N) is 1. The monoisotopic (exact) mass is 456 g/mol. The normalized spacial score (nSPS) is 15.9. The number of fused-ring (bicyclic) bond motifs is 1. The van der Waals surface area contributed by atoms with Crippen LogP contribution in [0, 0.1) is 6.92 Å². The second-order valence-corrected chi connectivity index (χ2v) is 8.83. The molecule has 0 radical (unpaired) electrons. The molecule has 0 saturated carbocycles. The van der Waals surface area contributed by atoms with Gasteiger partial charge < -0.3 is 15.0 Å². The van der Waals surface area contributed by atoms with E-state index >= 15 is 0 Å². The topological polar surface area (TPSA) is 58.6 Å². The fourth-order valence-corrected chi connectivity index (χ4v) is 4.43. The van der Waals surface area contributed by atoms with E-state index < -0.39 is 6.10 Å². The molecule has 0 bridgehead atoms. The second kappa shape index (κ2) is 10.6. The molecular formula is C29H32N2O3. The fraction of sp³-hybridized carbons (Fsp3) is 0.310. The van der Waals surface area contributed by atoms with Crippen molar-refractivity contribution < 1.29 is 14.3 Å². The Morgan fingerprint density at radius 1 is 1.06 bits per heavy atom. The van der Waals surface area contributed by atoms with Gasteiger partial charge in [-0.2, -0.15) is 0 Å². The summed E-state index contributed by atoms with van der Waals surface area (Å²) >= 11 is 0. The Hall–Kier alpha value is -3.60. The van der Waals surface area contributed by atoms with E-state index in [9.17, 15) is 9.59 Å². The van der Waals surface area contributed by atoms with Crippen LogP contribution in [0.5, 0.6) is 5.75 Å². The van der Waals surface area contributed by atoms with Gasteiger partial charge in [-0.1, -0.05) is 73.2 Å². The third kappa shape index (κ3) is 5.30. The zero-order valence-corrected chi connectivity index (χ0v) is 20.1. The first kappa shape index (κ1) is 23.6. The Labute approximate surface area is 201 Å². The van der Waals surface area contributed by atoms with Gasteiger partial charge in [-0.25, -0.2) is 0 Å². The molecule has 1 aliphatic heterocycles. The van der Waals surface area contributed by atoms with Gasteiger partial charge in [-0.3, -0.25) is 9.59 Å². The number of ether oxygens (including phenoxy) is 1. The molecule has 176 valence electrons. The van der Waals surface area contributed by atoms with Gasteiger partial charge in [0.05, 0.1) is 6.04 Å². The molecule has 2 amide bonds. The van der Waals surface area contributed by atoms with Crippen molar-refractivity contribution in [2.75, 3.05) is 6.54 Å². The Kier molecular flexibility index (Phi) is 7.31. The average Bonchev–Trinajstić information content (AvgIpc) is 2.87. The van der Waals surface area contributed by atoms with Crippen LogP contribution >= 0.6 is 0 Å². The van der Waals surface area contributed by atoms with Crippen LogP contribution in [0.4, 0.5) is 0 Å².